The molecule has 0 aliphatic carbocycles. The third-order valence-corrected chi connectivity index (χ3v) is 2.31. The van der Waals surface area contributed by atoms with Crippen molar-refractivity contribution in [2.24, 2.45) is 0 Å². The molecule has 2 heterocycles. The van der Waals surface area contributed by atoms with E-state index in [1.165, 1.54) is 0 Å². The zero-order valence-electron chi connectivity index (χ0n) is 8.78. The molecular formula is C11H15N3. The quantitative estimate of drug-likeness (QED) is 0.691. The Hall–Kier alpha value is -1.51. The van der Waals surface area contributed by atoms with Crippen molar-refractivity contribution in [3.05, 3.63) is 24.5 Å². The van der Waals surface area contributed by atoms with Crippen LogP contribution < -0.4 is 5.73 Å². The van der Waals surface area contributed by atoms with Crippen molar-refractivity contribution < 1.29 is 0 Å². The van der Waals surface area contributed by atoms with Crippen LogP contribution in [0.25, 0.3) is 11.0 Å². The second-order valence-corrected chi connectivity index (χ2v) is 4.50. The molecule has 0 aliphatic heterocycles. The van der Waals surface area contributed by atoms with Gasteiger partial charge in [-0.2, -0.15) is 0 Å². The molecule has 0 saturated heterocycles. The molecular weight excluding hydrogens is 174 g/mol. The average Bonchev–Trinajstić information content (AvgIpc) is 2.44. The molecule has 0 spiro atoms. The minimum Gasteiger partial charge on any atom is -0.396 e. The molecule has 0 bridgehead atoms. The lowest BCUT2D eigenvalue weighted by Crippen LogP contribution is -2.20. The van der Waals surface area contributed by atoms with Gasteiger partial charge < -0.3 is 10.3 Å². The minimum absolute atomic E-state index is 0.0406. The lowest BCUT2D eigenvalue weighted by molar-refractivity contribution is 0.411. The van der Waals surface area contributed by atoms with E-state index in [4.69, 9.17) is 5.73 Å². The molecule has 14 heavy (non-hydrogen) atoms. The van der Waals surface area contributed by atoms with Crippen LogP contribution in [0.5, 0.6) is 0 Å². The topological polar surface area (TPSA) is 43.8 Å². The number of pyridine rings is 1. The molecule has 2 N–H and O–H groups in total. The van der Waals surface area contributed by atoms with Crippen molar-refractivity contribution in [3.63, 3.8) is 0 Å². The lowest BCUT2D eigenvalue weighted by Gasteiger charge is -2.22. The molecule has 2 rings (SSSR count). The summed E-state index contributed by atoms with van der Waals surface area (Å²) in [6.45, 7) is 6.46. The minimum atomic E-state index is 0.0406. The molecule has 0 fully saturated rings. The fourth-order valence-electron chi connectivity index (χ4n) is 1.64. The van der Waals surface area contributed by atoms with Crippen molar-refractivity contribution in [3.8, 4) is 0 Å². The maximum absolute atomic E-state index is 5.89. The van der Waals surface area contributed by atoms with Gasteiger partial charge in [0.25, 0.3) is 0 Å². The van der Waals surface area contributed by atoms with Crippen LogP contribution in [0.15, 0.2) is 24.5 Å². The van der Waals surface area contributed by atoms with Crippen molar-refractivity contribution >= 4 is 16.7 Å². The van der Waals surface area contributed by atoms with E-state index in [-0.39, 0.29) is 5.54 Å². The van der Waals surface area contributed by atoms with E-state index in [0.29, 0.717) is 0 Å². The zero-order valence-corrected chi connectivity index (χ0v) is 8.78. The molecule has 0 saturated carbocycles. The SMILES string of the molecule is CC(C)(C)n1cc(N)c2ncccc21. The Morgan fingerprint density at radius 1 is 1.36 bits per heavy atom. The van der Waals surface area contributed by atoms with Gasteiger partial charge in [0.15, 0.2) is 0 Å². The predicted molar refractivity (Wildman–Crippen MR) is 59.1 cm³/mol. The third kappa shape index (κ3) is 1.25. The van der Waals surface area contributed by atoms with E-state index in [1.807, 2.05) is 18.3 Å². The van der Waals surface area contributed by atoms with Crippen LogP contribution in [0.2, 0.25) is 0 Å². The Morgan fingerprint density at radius 2 is 2.07 bits per heavy atom. The van der Waals surface area contributed by atoms with Gasteiger partial charge in [-0.3, -0.25) is 4.98 Å². The summed E-state index contributed by atoms with van der Waals surface area (Å²) < 4.78 is 2.16. The van der Waals surface area contributed by atoms with E-state index < -0.39 is 0 Å². The normalized spacial score (nSPS) is 12.2. The molecule has 2 aromatic heterocycles. The van der Waals surface area contributed by atoms with Crippen molar-refractivity contribution in [2.75, 3.05) is 5.73 Å². The highest BCUT2D eigenvalue weighted by Crippen LogP contribution is 2.26. The summed E-state index contributed by atoms with van der Waals surface area (Å²) in [5.74, 6) is 0. The first kappa shape index (κ1) is 9.06. The maximum atomic E-state index is 5.89. The maximum Gasteiger partial charge on any atom is 0.111 e. The number of hydrogen-bond donors (Lipinski definition) is 1. The van der Waals surface area contributed by atoms with Crippen LogP contribution in [-0.4, -0.2) is 9.55 Å². The van der Waals surface area contributed by atoms with Crippen LogP contribution in [0.4, 0.5) is 5.69 Å². The van der Waals surface area contributed by atoms with Gasteiger partial charge in [-0.1, -0.05) is 0 Å². The number of nitrogens with zero attached hydrogens (tertiary/aromatic N) is 2. The number of aromatic nitrogens is 2. The summed E-state index contributed by atoms with van der Waals surface area (Å²) in [6, 6.07) is 3.98. The lowest BCUT2D eigenvalue weighted by atomic mass is 10.1. The molecule has 74 valence electrons. The molecule has 0 unspecified atom stereocenters. The fraction of sp³-hybridized carbons (Fsp3) is 0.364. The number of nitrogens with two attached hydrogens (primary N) is 1. The highest BCUT2D eigenvalue weighted by atomic mass is 15.1. The monoisotopic (exact) mass is 189 g/mol. The summed E-state index contributed by atoms with van der Waals surface area (Å²) in [7, 11) is 0. The largest absolute Gasteiger partial charge is 0.396 e. The molecule has 3 heteroatoms. The Labute approximate surface area is 83.6 Å². The van der Waals surface area contributed by atoms with Gasteiger partial charge in [0, 0.05) is 17.9 Å². The summed E-state index contributed by atoms with van der Waals surface area (Å²) >= 11 is 0. The summed E-state index contributed by atoms with van der Waals surface area (Å²) in [6.07, 6.45) is 3.73. The highest BCUT2D eigenvalue weighted by Gasteiger charge is 2.17. The summed E-state index contributed by atoms with van der Waals surface area (Å²) in [5.41, 5.74) is 8.66. The molecule has 3 nitrogen and oxygen atoms in total. The van der Waals surface area contributed by atoms with Crippen LogP contribution in [-0.2, 0) is 5.54 Å². The Morgan fingerprint density at radius 3 is 2.71 bits per heavy atom. The van der Waals surface area contributed by atoms with E-state index in [0.717, 1.165) is 16.7 Å². The van der Waals surface area contributed by atoms with Crippen molar-refractivity contribution in [1.82, 2.24) is 9.55 Å². The number of rotatable bonds is 0. The summed E-state index contributed by atoms with van der Waals surface area (Å²) in [4.78, 5) is 4.27. The van der Waals surface area contributed by atoms with E-state index in [9.17, 15) is 0 Å². The molecule has 2 aromatic rings. The van der Waals surface area contributed by atoms with E-state index in [2.05, 4.69) is 30.3 Å². The first-order valence-electron chi connectivity index (χ1n) is 4.72. The van der Waals surface area contributed by atoms with Gasteiger partial charge in [-0.15, -0.1) is 0 Å². The van der Waals surface area contributed by atoms with E-state index >= 15 is 0 Å². The van der Waals surface area contributed by atoms with Gasteiger partial charge >= 0.3 is 0 Å². The summed E-state index contributed by atoms with van der Waals surface area (Å²) in [5, 5.41) is 0. The highest BCUT2D eigenvalue weighted by molar-refractivity contribution is 5.88. The van der Waals surface area contributed by atoms with Gasteiger partial charge in [0.2, 0.25) is 0 Å². The van der Waals surface area contributed by atoms with Gasteiger partial charge in [0.05, 0.1) is 11.2 Å². The second-order valence-electron chi connectivity index (χ2n) is 4.50. The zero-order chi connectivity index (χ0) is 10.3. The van der Waals surface area contributed by atoms with Crippen LogP contribution in [0.3, 0.4) is 0 Å². The van der Waals surface area contributed by atoms with Gasteiger partial charge in [-0.25, -0.2) is 0 Å². The first-order chi connectivity index (χ1) is 6.50. The predicted octanol–water partition coefficient (Wildman–Crippen LogP) is 2.37. The van der Waals surface area contributed by atoms with Gasteiger partial charge in [-0.05, 0) is 32.9 Å². The Balaban J connectivity index is 2.80. The second kappa shape index (κ2) is 2.74. The van der Waals surface area contributed by atoms with Crippen LogP contribution >= 0.6 is 0 Å². The Kier molecular flexibility index (Phi) is 1.77. The Bertz CT molecular complexity index is 463. The number of fused-ring (bicyclic) bond motifs is 1. The number of hydrogen-bond acceptors (Lipinski definition) is 2. The van der Waals surface area contributed by atoms with Crippen LogP contribution in [0.1, 0.15) is 20.8 Å². The van der Waals surface area contributed by atoms with Crippen molar-refractivity contribution in [1.29, 1.82) is 0 Å². The number of anilines is 1. The van der Waals surface area contributed by atoms with E-state index in [1.54, 1.807) is 6.20 Å². The van der Waals surface area contributed by atoms with Crippen LogP contribution in [0, 0.1) is 0 Å². The first-order valence-corrected chi connectivity index (χ1v) is 4.72. The third-order valence-electron chi connectivity index (χ3n) is 2.31. The smallest absolute Gasteiger partial charge is 0.111 e. The standard InChI is InChI=1S/C11H15N3/c1-11(2,3)14-7-8(12)10-9(14)5-4-6-13-10/h4-7H,12H2,1-3H3. The molecule has 0 atom stereocenters. The molecule has 0 amide bonds. The molecule has 0 aromatic carbocycles. The average molecular weight is 189 g/mol. The van der Waals surface area contributed by atoms with Crippen molar-refractivity contribution in [2.45, 2.75) is 26.3 Å². The number of nitrogen functional groups attached to an aromatic ring is 1. The fourth-order valence-corrected chi connectivity index (χ4v) is 1.64. The van der Waals surface area contributed by atoms with Gasteiger partial charge in [0.1, 0.15) is 5.52 Å². The molecule has 0 radical (unpaired) electrons. The molecule has 0 aliphatic rings.